The van der Waals surface area contributed by atoms with Gasteiger partial charge in [-0.3, -0.25) is 0 Å². The fourth-order valence-corrected chi connectivity index (χ4v) is 5.18. The van der Waals surface area contributed by atoms with Crippen LogP contribution in [0.3, 0.4) is 0 Å². The Balaban J connectivity index is 2.39. The lowest BCUT2D eigenvalue weighted by Crippen LogP contribution is -2.43. The number of hydrogen-bond donors (Lipinski definition) is 1. The third kappa shape index (κ3) is 3.90. The van der Waals surface area contributed by atoms with Gasteiger partial charge in [-0.15, -0.1) is 0 Å². The molecule has 1 aromatic carbocycles. The van der Waals surface area contributed by atoms with Crippen LogP contribution in [0.25, 0.3) is 0 Å². The number of nitrogens with zero attached hydrogens (tertiary/aromatic N) is 1. The number of hydrogen-bond acceptors (Lipinski definition) is 3. The maximum atomic E-state index is 12.9. The van der Waals surface area contributed by atoms with E-state index in [4.69, 9.17) is 23.2 Å². The van der Waals surface area contributed by atoms with Crippen molar-refractivity contribution in [2.75, 3.05) is 13.2 Å². The predicted octanol–water partition coefficient (Wildman–Crippen LogP) is 3.31. The zero-order chi connectivity index (χ0) is 15.5. The van der Waals surface area contributed by atoms with E-state index in [-0.39, 0.29) is 29.1 Å². The van der Waals surface area contributed by atoms with Gasteiger partial charge in [0.2, 0.25) is 10.0 Å². The van der Waals surface area contributed by atoms with Crippen molar-refractivity contribution in [1.29, 1.82) is 0 Å². The molecular formula is C14H19Cl2NO3S. The summed E-state index contributed by atoms with van der Waals surface area (Å²) in [6, 6.07) is 4.33. The second-order valence-electron chi connectivity index (χ2n) is 5.21. The third-order valence-corrected chi connectivity index (χ3v) is 6.45. The summed E-state index contributed by atoms with van der Waals surface area (Å²) in [5.41, 5.74) is 0. The Labute approximate surface area is 135 Å². The molecule has 4 nitrogen and oxygen atoms in total. The molecule has 0 unspecified atom stereocenters. The third-order valence-electron chi connectivity index (χ3n) is 3.78. The average molecular weight is 352 g/mol. The molecule has 1 aliphatic rings. The van der Waals surface area contributed by atoms with Gasteiger partial charge in [0, 0.05) is 17.6 Å². The smallest absolute Gasteiger partial charge is 0.244 e. The first-order valence-corrected chi connectivity index (χ1v) is 9.24. The van der Waals surface area contributed by atoms with Crippen LogP contribution in [-0.4, -0.2) is 37.0 Å². The molecule has 0 aromatic heterocycles. The van der Waals surface area contributed by atoms with Gasteiger partial charge in [0.1, 0.15) is 4.90 Å². The molecule has 1 aromatic rings. The minimum Gasteiger partial charge on any atom is -0.395 e. The SMILES string of the molecule is O=S(=O)(c1cc(Cl)ccc1Cl)N(CCO)C1CCCCC1. The monoisotopic (exact) mass is 351 g/mol. The number of aliphatic hydroxyl groups is 1. The molecule has 1 aliphatic carbocycles. The molecule has 0 amide bonds. The molecular weight excluding hydrogens is 333 g/mol. The van der Waals surface area contributed by atoms with E-state index in [0.29, 0.717) is 5.02 Å². The number of rotatable bonds is 5. The van der Waals surface area contributed by atoms with Gasteiger partial charge in [-0.05, 0) is 31.0 Å². The molecule has 1 N–H and O–H groups in total. The lowest BCUT2D eigenvalue weighted by molar-refractivity contribution is 0.199. The van der Waals surface area contributed by atoms with E-state index in [1.807, 2.05) is 0 Å². The van der Waals surface area contributed by atoms with Crippen molar-refractivity contribution in [1.82, 2.24) is 4.31 Å². The first kappa shape index (κ1) is 17.0. The summed E-state index contributed by atoms with van der Waals surface area (Å²) >= 11 is 11.9. The summed E-state index contributed by atoms with van der Waals surface area (Å²) in [6.45, 7) is -0.135. The van der Waals surface area contributed by atoms with E-state index >= 15 is 0 Å². The van der Waals surface area contributed by atoms with E-state index < -0.39 is 10.0 Å². The standard InChI is InChI=1S/C14H19Cl2NO3S/c15-11-6-7-13(16)14(10-11)21(19,20)17(8-9-18)12-4-2-1-3-5-12/h6-7,10,12,18H,1-5,8-9H2. The fraction of sp³-hybridized carbons (Fsp3) is 0.571. The van der Waals surface area contributed by atoms with Crippen LogP contribution < -0.4 is 0 Å². The highest BCUT2D eigenvalue weighted by Crippen LogP contribution is 2.32. The van der Waals surface area contributed by atoms with Gasteiger partial charge >= 0.3 is 0 Å². The summed E-state index contributed by atoms with van der Waals surface area (Å²) < 4.78 is 27.1. The van der Waals surface area contributed by atoms with Crippen LogP contribution in [0, 0.1) is 0 Å². The number of benzene rings is 1. The zero-order valence-corrected chi connectivity index (χ0v) is 14.0. The number of sulfonamides is 1. The highest BCUT2D eigenvalue weighted by Gasteiger charge is 2.33. The van der Waals surface area contributed by atoms with Crippen molar-refractivity contribution >= 4 is 33.2 Å². The van der Waals surface area contributed by atoms with E-state index in [1.165, 1.54) is 16.4 Å². The van der Waals surface area contributed by atoms with Crippen LogP contribution in [0.15, 0.2) is 23.1 Å². The van der Waals surface area contributed by atoms with Gasteiger partial charge in [0.05, 0.1) is 11.6 Å². The average Bonchev–Trinajstić information content (AvgIpc) is 2.48. The number of halogens is 2. The summed E-state index contributed by atoms with van der Waals surface area (Å²) in [5.74, 6) is 0. The van der Waals surface area contributed by atoms with Gasteiger partial charge in [0.15, 0.2) is 0 Å². The maximum absolute atomic E-state index is 12.9. The van der Waals surface area contributed by atoms with Gasteiger partial charge < -0.3 is 5.11 Å². The summed E-state index contributed by atoms with van der Waals surface area (Å²) in [7, 11) is -3.76. The molecule has 21 heavy (non-hydrogen) atoms. The van der Waals surface area contributed by atoms with E-state index in [1.54, 1.807) is 6.07 Å². The zero-order valence-electron chi connectivity index (χ0n) is 11.6. The van der Waals surface area contributed by atoms with Crippen molar-refractivity contribution in [3.63, 3.8) is 0 Å². The lowest BCUT2D eigenvalue weighted by Gasteiger charge is -2.33. The minimum absolute atomic E-state index is 0.00990. The molecule has 2 rings (SSSR count). The Morgan fingerprint density at radius 3 is 2.48 bits per heavy atom. The summed E-state index contributed by atoms with van der Waals surface area (Å²) in [4.78, 5) is 0.00990. The predicted molar refractivity (Wildman–Crippen MR) is 84.3 cm³/mol. The highest BCUT2D eigenvalue weighted by molar-refractivity contribution is 7.89. The molecule has 1 saturated carbocycles. The minimum atomic E-state index is -3.76. The Morgan fingerprint density at radius 2 is 1.86 bits per heavy atom. The molecule has 0 saturated heterocycles. The Bertz CT molecular complexity index is 586. The molecule has 118 valence electrons. The summed E-state index contributed by atoms with van der Waals surface area (Å²) in [6.07, 6.45) is 4.77. The van der Waals surface area contributed by atoms with E-state index in [2.05, 4.69) is 0 Å². The van der Waals surface area contributed by atoms with Gasteiger partial charge in [0.25, 0.3) is 0 Å². The van der Waals surface area contributed by atoms with Crippen molar-refractivity contribution < 1.29 is 13.5 Å². The van der Waals surface area contributed by atoms with Crippen LogP contribution in [0.4, 0.5) is 0 Å². The molecule has 0 radical (unpaired) electrons. The molecule has 0 aliphatic heterocycles. The molecule has 1 fully saturated rings. The quantitative estimate of drug-likeness (QED) is 0.885. The normalized spacial score (nSPS) is 17.3. The van der Waals surface area contributed by atoms with E-state index in [9.17, 15) is 13.5 Å². The van der Waals surface area contributed by atoms with Crippen LogP contribution in [-0.2, 0) is 10.0 Å². The van der Waals surface area contributed by atoms with Gasteiger partial charge in [-0.2, -0.15) is 4.31 Å². The van der Waals surface area contributed by atoms with Crippen molar-refractivity contribution in [2.24, 2.45) is 0 Å². The fourth-order valence-electron chi connectivity index (χ4n) is 2.77. The lowest BCUT2D eigenvalue weighted by atomic mass is 9.95. The van der Waals surface area contributed by atoms with Gasteiger partial charge in [-0.1, -0.05) is 42.5 Å². The number of aliphatic hydroxyl groups excluding tert-OH is 1. The van der Waals surface area contributed by atoms with Crippen LogP contribution in [0.2, 0.25) is 10.0 Å². The second kappa shape index (κ2) is 7.29. The van der Waals surface area contributed by atoms with Crippen molar-refractivity contribution in [2.45, 2.75) is 43.0 Å². The van der Waals surface area contributed by atoms with Crippen LogP contribution >= 0.6 is 23.2 Å². The Kier molecular flexibility index (Phi) is 5.91. The Hall–Kier alpha value is -0.330. The van der Waals surface area contributed by atoms with Crippen LogP contribution in [0.5, 0.6) is 0 Å². The maximum Gasteiger partial charge on any atom is 0.244 e. The first-order chi connectivity index (χ1) is 9.96. The highest BCUT2D eigenvalue weighted by atomic mass is 35.5. The Morgan fingerprint density at radius 1 is 1.19 bits per heavy atom. The molecule has 7 heteroatoms. The van der Waals surface area contributed by atoms with Crippen LogP contribution in [0.1, 0.15) is 32.1 Å². The second-order valence-corrected chi connectivity index (χ2v) is 7.91. The topological polar surface area (TPSA) is 57.6 Å². The summed E-state index contributed by atoms with van der Waals surface area (Å²) in [5, 5.41) is 9.71. The largest absolute Gasteiger partial charge is 0.395 e. The van der Waals surface area contributed by atoms with E-state index in [0.717, 1.165) is 32.1 Å². The van der Waals surface area contributed by atoms with Crippen molar-refractivity contribution in [3.05, 3.63) is 28.2 Å². The molecule has 0 heterocycles. The van der Waals surface area contributed by atoms with Crippen molar-refractivity contribution in [3.8, 4) is 0 Å². The van der Waals surface area contributed by atoms with Gasteiger partial charge in [-0.25, -0.2) is 8.42 Å². The molecule has 0 atom stereocenters. The molecule has 0 bridgehead atoms. The first-order valence-electron chi connectivity index (χ1n) is 7.04. The molecule has 0 spiro atoms.